The molecule has 9 heteroatoms. The summed E-state index contributed by atoms with van der Waals surface area (Å²) in [6, 6.07) is 12.9. The van der Waals surface area contributed by atoms with Crippen molar-refractivity contribution in [3.63, 3.8) is 0 Å². The van der Waals surface area contributed by atoms with Gasteiger partial charge in [-0.2, -0.15) is 0 Å². The zero-order chi connectivity index (χ0) is 20.0. The summed E-state index contributed by atoms with van der Waals surface area (Å²) in [6.07, 6.45) is 0.699. The van der Waals surface area contributed by atoms with Crippen LogP contribution in [0.3, 0.4) is 0 Å². The summed E-state index contributed by atoms with van der Waals surface area (Å²) in [4.78, 5) is 12.3. The standard InChI is InChI=1S/C18H20BrN3O3S2/c1-3-12(2)22-27(24,25)16-9-7-15(8-10-16)20-18(26)21-17(23)13-5-4-6-14(19)11-13/h4-12,22H,3H2,1-2H3,(H2,20,21,23,26). The molecule has 2 aromatic carbocycles. The van der Waals surface area contributed by atoms with Gasteiger partial charge in [0.15, 0.2) is 5.11 Å². The molecule has 0 heterocycles. The highest BCUT2D eigenvalue weighted by atomic mass is 79.9. The lowest BCUT2D eigenvalue weighted by Crippen LogP contribution is -2.34. The van der Waals surface area contributed by atoms with E-state index in [4.69, 9.17) is 12.2 Å². The second-order valence-electron chi connectivity index (χ2n) is 5.87. The average Bonchev–Trinajstić information content (AvgIpc) is 2.61. The molecule has 144 valence electrons. The number of carbonyl (C=O) groups excluding carboxylic acids is 1. The predicted molar refractivity (Wildman–Crippen MR) is 114 cm³/mol. The largest absolute Gasteiger partial charge is 0.332 e. The molecule has 0 aliphatic carbocycles. The molecule has 0 fully saturated rings. The second kappa shape index (κ2) is 9.41. The fraction of sp³-hybridized carbons (Fsp3) is 0.222. The first-order valence-corrected chi connectivity index (χ1v) is 10.9. The van der Waals surface area contributed by atoms with Gasteiger partial charge in [0.1, 0.15) is 0 Å². The molecule has 1 amide bonds. The van der Waals surface area contributed by atoms with Crippen LogP contribution in [-0.4, -0.2) is 25.5 Å². The Bertz CT molecular complexity index is 931. The third-order valence-electron chi connectivity index (χ3n) is 3.71. The zero-order valence-electron chi connectivity index (χ0n) is 14.8. The van der Waals surface area contributed by atoms with Gasteiger partial charge >= 0.3 is 0 Å². The van der Waals surface area contributed by atoms with Crippen molar-refractivity contribution in [1.82, 2.24) is 10.0 Å². The first-order valence-electron chi connectivity index (χ1n) is 8.21. The number of amides is 1. The molecule has 0 saturated carbocycles. The van der Waals surface area contributed by atoms with Crippen molar-refractivity contribution in [3.8, 4) is 0 Å². The number of hydrogen-bond donors (Lipinski definition) is 3. The molecule has 2 aromatic rings. The molecule has 6 nitrogen and oxygen atoms in total. The maximum Gasteiger partial charge on any atom is 0.257 e. The average molecular weight is 470 g/mol. The molecular weight excluding hydrogens is 450 g/mol. The first-order chi connectivity index (χ1) is 12.7. The Morgan fingerprint density at radius 2 is 1.85 bits per heavy atom. The molecular formula is C18H20BrN3O3S2. The second-order valence-corrected chi connectivity index (χ2v) is 8.91. The monoisotopic (exact) mass is 469 g/mol. The van der Waals surface area contributed by atoms with Gasteiger partial charge in [0, 0.05) is 21.8 Å². The normalized spacial score (nSPS) is 12.3. The minimum absolute atomic E-state index is 0.119. The molecule has 0 aromatic heterocycles. The van der Waals surface area contributed by atoms with E-state index in [-0.39, 0.29) is 22.0 Å². The van der Waals surface area contributed by atoms with Crippen molar-refractivity contribution in [1.29, 1.82) is 0 Å². The molecule has 1 atom stereocenters. The van der Waals surface area contributed by atoms with Crippen molar-refractivity contribution in [3.05, 3.63) is 58.6 Å². The zero-order valence-corrected chi connectivity index (χ0v) is 18.0. The van der Waals surface area contributed by atoms with E-state index in [0.717, 1.165) is 4.47 Å². The minimum atomic E-state index is -3.56. The van der Waals surface area contributed by atoms with Crippen LogP contribution in [0.4, 0.5) is 5.69 Å². The summed E-state index contributed by atoms with van der Waals surface area (Å²) >= 11 is 8.45. The number of halogens is 1. The molecule has 1 unspecified atom stereocenters. The molecule has 0 spiro atoms. The Hall–Kier alpha value is -1.81. The van der Waals surface area contributed by atoms with E-state index in [9.17, 15) is 13.2 Å². The van der Waals surface area contributed by atoms with E-state index in [1.165, 1.54) is 12.1 Å². The number of sulfonamides is 1. The molecule has 0 aliphatic rings. The quantitative estimate of drug-likeness (QED) is 0.561. The Balaban J connectivity index is 1.99. The van der Waals surface area contributed by atoms with Gasteiger partial charge in [-0.3, -0.25) is 10.1 Å². The lowest BCUT2D eigenvalue weighted by molar-refractivity contribution is 0.0977. The Morgan fingerprint density at radius 3 is 2.44 bits per heavy atom. The van der Waals surface area contributed by atoms with Crippen molar-refractivity contribution in [2.45, 2.75) is 31.2 Å². The van der Waals surface area contributed by atoms with E-state index in [1.54, 1.807) is 37.3 Å². The van der Waals surface area contributed by atoms with Crippen molar-refractivity contribution >= 4 is 54.9 Å². The summed E-state index contributed by atoms with van der Waals surface area (Å²) < 4.78 is 27.9. The van der Waals surface area contributed by atoms with Gasteiger partial charge < -0.3 is 5.32 Å². The van der Waals surface area contributed by atoms with E-state index < -0.39 is 10.0 Å². The Labute approximate surface area is 172 Å². The van der Waals surface area contributed by atoms with E-state index >= 15 is 0 Å². The van der Waals surface area contributed by atoms with Gasteiger partial charge in [-0.15, -0.1) is 0 Å². The third kappa shape index (κ3) is 6.39. The van der Waals surface area contributed by atoms with Gasteiger partial charge in [-0.05, 0) is 68.0 Å². The van der Waals surface area contributed by atoms with Crippen molar-refractivity contribution in [2.24, 2.45) is 0 Å². The maximum absolute atomic E-state index is 12.2. The van der Waals surface area contributed by atoms with Crippen LogP contribution >= 0.6 is 28.1 Å². The fourth-order valence-electron chi connectivity index (χ4n) is 2.10. The van der Waals surface area contributed by atoms with Crippen LogP contribution in [0, 0.1) is 0 Å². The van der Waals surface area contributed by atoms with Gasteiger partial charge in [0.25, 0.3) is 5.91 Å². The molecule has 0 radical (unpaired) electrons. The van der Waals surface area contributed by atoms with Crippen LogP contribution in [0.5, 0.6) is 0 Å². The topological polar surface area (TPSA) is 87.3 Å². The van der Waals surface area contributed by atoms with Gasteiger partial charge in [0.2, 0.25) is 10.0 Å². The molecule has 0 saturated heterocycles. The number of carbonyl (C=O) groups is 1. The number of rotatable bonds is 6. The lowest BCUT2D eigenvalue weighted by Gasteiger charge is -2.13. The number of nitrogens with one attached hydrogen (secondary N) is 3. The highest BCUT2D eigenvalue weighted by Gasteiger charge is 2.16. The Morgan fingerprint density at radius 1 is 1.19 bits per heavy atom. The van der Waals surface area contributed by atoms with Gasteiger partial charge in [-0.1, -0.05) is 28.9 Å². The number of benzene rings is 2. The first kappa shape index (κ1) is 21.5. The van der Waals surface area contributed by atoms with Crippen LogP contribution in [0.25, 0.3) is 0 Å². The number of thiocarbonyl (C=S) groups is 1. The van der Waals surface area contributed by atoms with E-state index in [0.29, 0.717) is 17.7 Å². The smallest absolute Gasteiger partial charge is 0.257 e. The summed E-state index contributed by atoms with van der Waals surface area (Å²) in [5.41, 5.74) is 1.03. The highest BCUT2D eigenvalue weighted by molar-refractivity contribution is 9.10. The molecule has 3 N–H and O–H groups in total. The molecule has 0 aliphatic heterocycles. The van der Waals surface area contributed by atoms with Crippen molar-refractivity contribution in [2.75, 3.05) is 5.32 Å². The van der Waals surface area contributed by atoms with Crippen LogP contribution < -0.4 is 15.4 Å². The van der Waals surface area contributed by atoms with Crippen molar-refractivity contribution < 1.29 is 13.2 Å². The lowest BCUT2D eigenvalue weighted by atomic mass is 10.2. The minimum Gasteiger partial charge on any atom is -0.332 e. The summed E-state index contributed by atoms with van der Waals surface area (Å²) in [6.45, 7) is 3.71. The summed E-state index contributed by atoms with van der Waals surface area (Å²) in [5.74, 6) is -0.342. The number of anilines is 1. The van der Waals surface area contributed by atoms with Crippen LogP contribution in [-0.2, 0) is 10.0 Å². The van der Waals surface area contributed by atoms with Crippen LogP contribution in [0.15, 0.2) is 57.9 Å². The Kier molecular flexibility index (Phi) is 7.49. The van der Waals surface area contributed by atoms with Gasteiger partial charge in [0.05, 0.1) is 4.90 Å². The fourth-order valence-corrected chi connectivity index (χ4v) is 4.04. The van der Waals surface area contributed by atoms with Crippen LogP contribution in [0.2, 0.25) is 0 Å². The molecule has 0 bridgehead atoms. The van der Waals surface area contributed by atoms with Crippen LogP contribution in [0.1, 0.15) is 30.6 Å². The maximum atomic E-state index is 12.2. The molecule has 2 rings (SSSR count). The van der Waals surface area contributed by atoms with Gasteiger partial charge in [-0.25, -0.2) is 13.1 Å². The summed E-state index contributed by atoms with van der Waals surface area (Å²) in [7, 11) is -3.56. The van der Waals surface area contributed by atoms with E-state index in [2.05, 4.69) is 31.3 Å². The third-order valence-corrected chi connectivity index (χ3v) is 6.01. The predicted octanol–water partition coefficient (Wildman–Crippen LogP) is 3.65. The highest BCUT2D eigenvalue weighted by Crippen LogP contribution is 2.15. The van der Waals surface area contributed by atoms with E-state index in [1.807, 2.05) is 13.0 Å². The molecule has 27 heavy (non-hydrogen) atoms. The SMILES string of the molecule is CCC(C)NS(=O)(=O)c1ccc(NC(=S)NC(=O)c2cccc(Br)c2)cc1. The number of hydrogen-bond acceptors (Lipinski definition) is 4. The summed E-state index contributed by atoms with van der Waals surface area (Å²) in [5, 5.41) is 5.56.